The highest BCUT2D eigenvalue weighted by atomic mass is 19.1. The summed E-state index contributed by atoms with van der Waals surface area (Å²) >= 11 is 0. The van der Waals surface area contributed by atoms with Gasteiger partial charge in [-0.25, -0.2) is 4.39 Å². The largest absolute Gasteiger partial charge is 0.496 e. The summed E-state index contributed by atoms with van der Waals surface area (Å²) in [5.41, 5.74) is 3.70. The van der Waals surface area contributed by atoms with Crippen LogP contribution in [0.15, 0.2) is 67.0 Å². The molecule has 3 aromatic rings. The zero-order valence-corrected chi connectivity index (χ0v) is 12.8. The maximum absolute atomic E-state index is 13.5. The monoisotopic (exact) mass is 308 g/mol. The minimum Gasteiger partial charge on any atom is -0.496 e. The van der Waals surface area contributed by atoms with Gasteiger partial charge in [-0.2, -0.15) is 0 Å². The number of halogens is 1. The average Bonchev–Trinajstić information content (AvgIpc) is 2.60. The van der Waals surface area contributed by atoms with E-state index in [9.17, 15) is 4.39 Å². The molecule has 0 unspecified atom stereocenters. The fourth-order valence-corrected chi connectivity index (χ4v) is 2.42. The summed E-state index contributed by atoms with van der Waals surface area (Å²) in [6.07, 6.45) is 3.51. The van der Waals surface area contributed by atoms with E-state index in [4.69, 9.17) is 4.74 Å². The van der Waals surface area contributed by atoms with Gasteiger partial charge in [-0.3, -0.25) is 4.98 Å². The first kappa shape index (κ1) is 15.0. The molecule has 0 atom stereocenters. The summed E-state index contributed by atoms with van der Waals surface area (Å²) in [6, 6.07) is 16.3. The Morgan fingerprint density at radius 1 is 1.09 bits per heavy atom. The van der Waals surface area contributed by atoms with E-state index in [-0.39, 0.29) is 5.82 Å². The molecule has 0 aliphatic heterocycles. The predicted octanol–water partition coefficient (Wildman–Crippen LogP) is 4.51. The van der Waals surface area contributed by atoms with E-state index in [0.717, 1.165) is 28.1 Å². The molecule has 1 heterocycles. The minimum absolute atomic E-state index is 0.261. The highest BCUT2D eigenvalue weighted by Crippen LogP contribution is 2.31. The van der Waals surface area contributed by atoms with Crippen LogP contribution in [0.5, 0.6) is 5.75 Å². The van der Waals surface area contributed by atoms with Crippen LogP contribution in [0.3, 0.4) is 0 Å². The molecule has 1 aromatic heterocycles. The number of hydrogen-bond acceptors (Lipinski definition) is 3. The number of rotatable bonds is 5. The zero-order chi connectivity index (χ0) is 16.1. The summed E-state index contributed by atoms with van der Waals surface area (Å²) in [5, 5.41) is 3.31. The van der Waals surface area contributed by atoms with Gasteiger partial charge in [0.05, 0.1) is 12.8 Å². The SMILES string of the molecule is COc1ccc(CNc2cccnc2)cc1-c1cccc(F)c1. The van der Waals surface area contributed by atoms with Gasteiger partial charge in [0.25, 0.3) is 0 Å². The van der Waals surface area contributed by atoms with Crippen molar-refractivity contribution in [3.8, 4) is 16.9 Å². The van der Waals surface area contributed by atoms with Gasteiger partial charge in [0, 0.05) is 24.5 Å². The maximum atomic E-state index is 13.5. The molecule has 0 saturated carbocycles. The van der Waals surface area contributed by atoms with Crippen LogP contribution in [0.4, 0.5) is 10.1 Å². The van der Waals surface area contributed by atoms with Crippen LogP contribution < -0.4 is 10.1 Å². The van der Waals surface area contributed by atoms with Crippen LogP contribution >= 0.6 is 0 Å². The second kappa shape index (κ2) is 6.92. The Morgan fingerprint density at radius 3 is 2.74 bits per heavy atom. The molecule has 23 heavy (non-hydrogen) atoms. The van der Waals surface area contributed by atoms with Crippen molar-refractivity contribution in [3.63, 3.8) is 0 Å². The van der Waals surface area contributed by atoms with Crippen LogP contribution in [-0.4, -0.2) is 12.1 Å². The van der Waals surface area contributed by atoms with Gasteiger partial charge in [0.15, 0.2) is 0 Å². The first-order chi connectivity index (χ1) is 11.3. The molecule has 0 amide bonds. The van der Waals surface area contributed by atoms with E-state index >= 15 is 0 Å². The van der Waals surface area contributed by atoms with E-state index in [1.807, 2.05) is 36.4 Å². The molecular formula is C19H17FN2O. The smallest absolute Gasteiger partial charge is 0.126 e. The van der Waals surface area contributed by atoms with Crippen molar-refractivity contribution in [2.45, 2.75) is 6.54 Å². The number of ether oxygens (including phenoxy) is 1. The predicted molar refractivity (Wildman–Crippen MR) is 90.0 cm³/mol. The van der Waals surface area contributed by atoms with Crippen LogP contribution in [0.2, 0.25) is 0 Å². The maximum Gasteiger partial charge on any atom is 0.126 e. The molecule has 0 aliphatic rings. The lowest BCUT2D eigenvalue weighted by atomic mass is 10.0. The Labute approximate surface area is 134 Å². The lowest BCUT2D eigenvalue weighted by molar-refractivity contribution is 0.416. The third kappa shape index (κ3) is 3.66. The van der Waals surface area contributed by atoms with Crippen LogP contribution in [0.25, 0.3) is 11.1 Å². The summed E-state index contributed by atoms with van der Waals surface area (Å²) in [5.74, 6) is 0.462. The Hall–Kier alpha value is -2.88. The van der Waals surface area contributed by atoms with Gasteiger partial charge in [-0.05, 0) is 47.5 Å². The van der Waals surface area contributed by atoms with Crippen molar-refractivity contribution in [1.82, 2.24) is 4.98 Å². The second-order valence-corrected chi connectivity index (χ2v) is 5.14. The number of pyridine rings is 1. The molecule has 4 heteroatoms. The van der Waals surface area contributed by atoms with Crippen molar-refractivity contribution in [3.05, 3.63) is 78.4 Å². The molecule has 0 bridgehead atoms. The molecule has 0 spiro atoms. The third-order valence-electron chi connectivity index (χ3n) is 3.56. The molecule has 0 aliphatic carbocycles. The Bertz CT molecular complexity index is 790. The quantitative estimate of drug-likeness (QED) is 0.753. The highest BCUT2D eigenvalue weighted by molar-refractivity contribution is 5.71. The lowest BCUT2D eigenvalue weighted by Crippen LogP contribution is -2.00. The van der Waals surface area contributed by atoms with E-state index in [0.29, 0.717) is 6.54 Å². The fraction of sp³-hybridized carbons (Fsp3) is 0.105. The lowest BCUT2D eigenvalue weighted by Gasteiger charge is -2.12. The van der Waals surface area contributed by atoms with Gasteiger partial charge in [0.1, 0.15) is 11.6 Å². The molecule has 3 rings (SSSR count). The van der Waals surface area contributed by atoms with Crippen LogP contribution in [-0.2, 0) is 6.54 Å². The van der Waals surface area contributed by atoms with Crippen molar-refractivity contribution in [2.24, 2.45) is 0 Å². The molecule has 0 radical (unpaired) electrons. The Morgan fingerprint density at radius 2 is 2.00 bits per heavy atom. The standard InChI is InChI=1S/C19H17FN2O/c1-23-19-8-7-14(12-22-17-6-3-9-21-13-17)10-18(19)15-4-2-5-16(20)11-15/h2-11,13,22H,12H2,1H3. The van der Waals surface area contributed by atoms with Crippen molar-refractivity contribution in [1.29, 1.82) is 0 Å². The van der Waals surface area contributed by atoms with E-state index in [1.54, 1.807) is 25.6 Å². The average molecular weight is 308 g/mol. The van der Waals surface area contributed by atoms with E-state index in [1.165, 1.54) is 12.1 Å². The summed E-state index contributed by atoms with van der Waals surface area (Å²) in [4.78, 5) is 4.08. The molecule has 0 saturated heterocycles. The number of anilines is 1. The van der Waals surface area contributed by atoms with Crippen molar-refractivity contribution >= 4 is 5.69 Å². The second-order valence-electron chi connectivity index (χ2n) is 5.14. The summed E-state index contributed by atoms with van der Waals surface area (Å²) < 4.78 is 18.9. The van der Waals surface area contributed by atoms with E-state index in [2.05, 4.69) is 10.3 Å². The fourth-order valence-electron chi connectivity index (χ4n) is 2.42. The van der Waals surface area contributed by atoms with Crippen LogP contribution in [0, 0.1) is 5.82 Å². The van der Waals surface area contributed by atoms with Gasteiger partial charge in [0.2, 0.25) is 0 Å². The number of aromatic nitrogens is 1. The zero-order valence-electron chi connectivity index (χ0n) is 12.8. The highest BCUT2D eigenvalue weighted by Gasteiger charge is 2.08. The Balaban J connectivity index is 1.87. The van der Waals surface area contributed by atoms with Gasteiger partial charge < -0.3 is 10.1 Å². The normalized spacial score (nSPS) is 10.3. The molecule has 2 aromatic carbocycles. The van der Waals surface area contributed by atoms with Gasteiger partial charge in [-0.1, -0.05) is 18.2 Å². The number of nitrogens with zero attached hydrogens (tertiary/aromatic N) is 1. The molecule has 116 valence electrons. The summed E-state index contributed by atoms with van der Waals surface area (Å²) in [7, 11) is 1.62. The number of methoxy groups -OCH3 is 1. The topological polar surface area (TPSA) is 34.1 Å². The Kier molecular flexibility index (Phi) is 4.52. The van der Waals surface area contributed by atoms with Gasteiger partial charge in [-0.15, -0.1) is 0 Å². The molecule has 3 nitrogen and oxygen atoms in total. The van der Waals surface area contributed by atoms with Gasteiger partial charge >= 0.3 is 0 Å². The molecule has 1 N–H and O–H groups in total. The van der Waals surface area contributed by atoms with E-state index < -0.39 is 0 Å². The number of hydrogen-bond donors (Lipinski definition) is 1. The van der Waals surface area contributed by atoms with Crippen LogP contribution in [0.1, 0.15) is 5.56 Å². The molecule has 0 fully saturated rings. The van der Waals surface area contributed by atoms with Crippen molar-refractivity contribution < 1.29 is 9.13 Å². The minimum atomic E-state index is -0.261. The first-order valence-electron chi connectivity index (χ1n) is 7.33. The third-order valence-corrected chi connectivity index (χ3v) is 3.56. The summed E-state index contributed by atoms with van der Waals surface area (Å²) in [6.45, 7) is 0.651. The molecular weight excluding hydrogens is 291 g/mol. The first-order valence-corrected chi connectivity index (χ1v) is 7.33. The number of nitrogens with one attached hydrogen (secondary N) is 1. The van der Waals surface area contributed by atoms with Crippen molar-refractivity contribution in [2.75, 3.05) is 12.4 Å². The number of benzene rings is 2.